The number of rotatable bonds is 9. The molecule has 2 aromatic heterocycles. The van der Waals surface area contributed by atoms with Crippen molar-refractivity contribution >= 4 is 29.5 Å². The summed E-state index contributed by atoms with van der Waals surface area (Å²) in [7, 11) is 0. The van der Waals surface area contributed by atoms with Crippen LogP contribution in [0.15, 0.2) is 44.3 Å². The predicted molar refractivity (Wildman–Crippen MR) is 170 cm³/mol. The maximum Gasteiger partial charge on any atom is 0.351 e. The van der Waals surface area contributed by atoms with E-state index < -0.39 is 90.5 Å². The number of carbonyl (C=O) groups excluding carboxylic acids is 3. The molecule has 2 fully saturated rings. The highest BCUT2D eigenvalue weighted by molar-refractivity contribution is 5.67. The van der Waals surface area contributed by atoms with Gasteiger partial charge in [-0.1, -0.05) is 31.5 Å². The molecule has 0 unspecified atom stereocenters. The summed E-state index contributed by atoms with van der Waals surface area (Å²) in [5.41, 5.74) is 23.6. The highest BCUT2D eigenvalue weighted by Gasteiger charge is 2.58. The molecule has 0 aromatic carbocycles. The van der Waals surface area contributed by atoms with E-state index in [9.17, 15) is 29.1 Å². The van der Waals surface area contributed by atoms with Crippen LogP contribution in [0, 0.1) is 11.8 Å². The number of ether oxygens (including phenoxy) is 5. The average molecular weight is 707 g/mol. The Hall–Kier alpha value is -5.73. The predicted octanol–water partition coefficient (Wildman–Crippen LogP) is 1.05. The molecule has 23 heteroatoms. The van der Waals surface area contributed by atoms with Gasteiger partial charge >= 0.3 is 29.3 Å². The normalized spacial score (nSPS) is 28.0. The van der Waals surface area contributed by atoms with Gasteiger partial charge in [-0.05, 0) is 23.2 Å². The first-order chi connectivity index (χ1) is 23.0. The third-order valence-corrected chi connectivity index (χ3v) is 7.37. The Morgan fingerprint density at radius 1 is 0.860 bits per heavy atom. The van der Waals surface area contributed by atoms with Crippen LogP contribution in [-0.4, -0.2) is 79.0 Å². The molecule has 0 bridgehead atoms. The largest absolute Gasteiger partial charge is 0.462 e. The first kappa shape index (κ1) is 40.4. The number of azide groups is 2. The number of aromatic nitrogens is 4. The van der Waals surface area contributed by atoms with Gasteiger partial charge < -0.3 is 40.3 Å². The zero-order valence-corrected chi connectivity index (χ0v) is 26.8. The van der Waals surface area contributed by atoms with Gasteiger partial charge in [0.2, 0.25) is 11.4 Å². The molecule has 2 saturated heterocycles. The van der Waals surface area contributed by atoms with Crippen molar-refractivity contribution in [3.8, 4) is 0 Å². The minimum atomic E-state index is -1.84. The summed E-state index contributed by atoms with van der Waals surface area (Å²) in [5.74, 6) is -3.12. The molecule has 2 aliphatic heterocycles. The molecule has 23 nitrogen and oxygen atoms in total. The summed E-state index contributed by atoms with van der Waals surface area (Å²) in [5, 5.41) is 16.7. The molecule has 8 atom stereocenters. The quantitative estimate of drug-likeness (QED) is 0.108. The number of aliphatic hydroxyl groups excluding tert-OH is 1. The van der Waals surface area contributed by atoms with Gasteiger partial charge in [0.1, 0.15) is 42.9 Å². The highest BCUT2D eigenvalue weighted by atomic mass is 16.6. The number of nitrogen functional groups attached to an aromatic ring is 2. The summed E-state index contributed by atoms with van der Waals surface area (Å²) in [6.45, 7) is 5.54. The Morgan fingerprint density at radius 3 is 1.62 bits per heavy atom. The summed E-state index contributed by atoms with van der Waals surface area (Å²) >= 11 is 0. The van der Waals surface area contributed by atoms with Crippen LogP contribution in [-0.2, 0) is 38.1 Å². The summed E-state index contributed by atoms with van der Waals surface area (Å²) in [4.78, 5) is 70.7. The first-order valence-electron chi connectivity index (χ1n) is 14.3. The van der Waals surface area contributed by atoms with E-state index in [-0.39, 0.29) is 19.1 Å². The summed E-state index contributed by atoms with van der Waals surface area (Å²) in [6.07, 6.45) is -1.42. The number of esters is 3. The number of hydrogen-bond acceptors (Lipinski definition) is 17. The molecule has 0 amide bonds. The highest BCUT2D eigenvalue weighted by Crippen LogP contribution is 2.45. The second-order valence-corrected chi connectivity index (χ2v) is 10.9. The molecule has 272 valence electrons. The van der Waals surface area contributed by atoms with E-state index in [1.807, 2.05) is 0 Å². The number of nitrogens with two attached hydrogens (primary N) is 2. The molecular formula is C27H38N12O11. The van der Waals surface area contributed by atoms with Crippen molar-refractivity contribution in [3.05, 3.63) is 66.4 Å². The Morgan fingerprint density at radius 2 is 1.26 bits per heavy atom. The lowest BCUT2D eigenvalue weighted by Gasteiger charge is -2.29. The Labute approximate surface area is 283 Å². The SMILES string of the molecule is C.CC(=O)OC[C@@]1(N=[N+]=[N-])O[C@@H](n2ccc(N)nc2=O)[C@@H](C)[C@@H]1OC(C)=O.CC(=O)O[C@H]1[C@H](C)[C@H](n2ccc(N)nc2=O)O[C@@]1(CO)N=[N+]=[N-]. The lowest BCUT2D eigenvalue weighted by Crippen LogP contribution is -2.46. The van der Waals surface area contributed by atoms with Gasteiger partial charge in [-0.25, -0.2) is 9.59 Å². The molecule has 2 aliphatic rings. The van der Waals surface area contributed by atoms with Crippen LogP contribution in [0.2, 0.25) is 0 Å². The third kappa shape index (κ3) is 8.64. The number of hydrogen-bond donors (Lipinski definition) is 3. The molecule has 50 heavy (non-hydrogen) atoms. The van der Waals surface area contributed by atoms with Crippen molar-refractivity contribution in [2.24, 2.45) is 22.1 Å². The van der Waals surface area contributed by atoms with Crippen molar-refractivity contribution in [2.45, 2.75) is 78.2 Å². The average Bonchev–Trinajstić information content (AvgIpc) is 3.43. The molecule has 4 heterocycles. The standard InChI is InChI=1S/C14H18N6O6.C12H16N6O5.CH4/c1-7-11(25-9(3)22)14(18-19-16,6-24-8(2)21)26-12(7)20-5-4-10(15)17-13(20)23;1-6-9(22-7(2)20)12(5-19,16-17-14)23-10(6)18-4-3-8(13)15-11(18)21;/h4-5,7,11-12H,6H2,1-3H3,(H2,15,17,23);3-4,6,9-10,19H,5H2,1-2H3,(H2,13,15,21);1H4/t7-,11-,12+,14+;6-,9-,10+,12+;/m00./s1. The van der Waals surface area contributed by atoms with E-state index in [2.05, 4.69) is 30.0 Å². The maximum atomic E-state index is 12.1. The Balaban J connectivity index is 0.000000342. The molecule has 2 aromatic rings. The van der Waals surface area contributed by atoms with E-state index >= 15 is 0 Å². The fraction of sp³-hybridized carbons (Fsp3) is 0.593. The molecule has 0 saturated carbocycles. The van der Waals surface area contributed by atoms with Gasteiger partial charge in [0.25, 0.3) is 0 Å². The van der Waals surface area contributed by atoms with Gasteiger partial charge in [0.15, 0.2) is 0 Å². The monoisotopic (exact) mass is 706 g/mol. The van der Waals surface area contributed by atoms with E-state index in [4.69, 9.17) is 46.2 Å². The van der Waals surface area contributed by atoms with E-state index in [1.54, 1.807) is 13.8 Å². The fourth-order valence-corrected chi connectivity index (χ4v) is 5.32. The molecule has 5 N–H and O–H groups in total. The van der Waals surface area contributed by atoms with Crippen LogP contribution in [0.1, 0.15) is 54.5 Å². The lowest BCUT2D eigenvalue weighted by atomic mass is 9.98. The molecule has 0 radical (unpaired) electrons. The number of nitrogens with zero attached hydrogens (tertiary/aromatic N) is 10. The Bertz CT molecular complexity index is 1790. The number of carbonyl (C=O) groups is 3. The molecular weight excluding hydrogens is 668 g/mol. The Kier molecular flexibility index (Phi) is 13.4. The first-order valence-corrected chi connectivity index (χ1v) is 14.3. The van der Waals surface area contributed by atoms with Crippen LogP contribution in [0.5, 0.6) is 0 Å². The summed E-state index contributed by atoms with van der Waals surface area (Å²) in [6, 6.07) is 2.78. The van der Waals surface area contributed by atoms with Gasteiger partial charge in [0.05, 0.1) is 6.61 Å². The molecule has 0 spiro atoms. The summed E-state index contributed by atoms with van der Waals surface area (Å²) < 4.78 is 29.0. The van der Waals surface area contributed by atoms with Crippen molar-refractivity contribution < 1.29 is 43.2 Å². The van der Waals surface area contributed by atoms with Gasteiger partial charge in [-0.15, -0.1) is 0 Å². The maximum absolute atomic E-state index is 12.1. The van der Waals surface area contributed by atoms with Crippen molar-refractivity contribution in [2.75, 3.05) is 24.7 Å². The van der Waals surface area contributed by atoms with Crippen LogP contribution in [0.25, 0.3) is 20.9 Å². The zero-order chi connectivity index (χ0) is 36.7. The zero-order valence-electron chi connectivity index (χ0n) is 26.8. The van der Waals surface area contributed by atoms with E-state index in [0.717, 1.165) is 16.1 Å². The fourth-order valence-electron chi connectivity index (χ4n) is 5.32. The van der Waals surface area contributed by atoms with Crippen LogP contribution < -0.4 is 22.8 Å². The van der Waals surface area contributed by atoms with E-state index in [0.29, 0.717) is 0 Å². The topological polar surface area (TPSA) is 337 Å². The second-order valence-electron chi connectivity index (χ2n) is 10.9. The second kappa shape index (κ2) is 16.6. The van der Waals surface area contributed by atoms with Crippen LogP contribution >= 0.6 is 0 Å². The molecule has 4 rings (SSSR count). The van der Waals surface area contributed by atoms with Crippen LogP contribution in [0.4, 0.5) is 11.6 Å². The third-order valence-electron chi connectivity index (χ3n) is 7.37. The minimum Gasteiger partial charge on any atom is -0.462 e. The lowest BCUT2D eigenvalue weighted by molar-refractivity contribution is -0.174. The van der Waals surface area contributed by atoms with Crippen molar-refractivity contribution in [1.82, 2.24) is 19.1 Å². The smallest absolute Gasteiger partial charge is 0.351 e. The number of anilines is 2. The van der Waals surface area contributed by atoms with Crippen LogP contribution in [0.3, 0.4) is 0 Å². The van der Waals surface area contributed by atoms with Crippen molar-refractivity contribution in [1.29, 1.82) is 0 Å². The minimum absolute atomic E-state index is 0. The number of aliphatic hydroxyl groups is 1. The van der Waals surface area contributed by atoms with Crippen molar-refractivity contribution in [3.63, 3.8) is 0 Å². The molecule has 0 aliphatic carbocycles. The van der Waals surface area contributed by atoms with Gasteiger partial charge in [-0.2, -0.15) is 9.97 Å². The van der Waals surface area contributed by atoms with E-state index in [1.165, 1.54) is 38.4 Å². The van der Waals surface area contributed by atoms with Gasteiger partial charge in [0, 0.05) is 54.8 Å². The van der Waals surface area contributed by atoms with Gasteiger partial charge in [-0.3, -0.25) is 23.5 Å².